The summed E-state index contributed by atoms with van der Waals surface area (Å²) in [7, 11) is 1.65. The molecule has 184 valence electrons. The van der Waals surface area contributed by atoms with Crippen LogP contribution in [0.2, 0.25) is 0 Å². The van der Waals surface area contributed by atoms with E-state index in [0.717, 1.165) is 49.0 Å². The van der Waals surface area contributed by atoms with Crippen molar-refractivity contribution < 1.29 is 18.7 Å². The normalized spacial score (nSPS) is 26.9. The SMILES string of the molecule is COc1ccc(CN(C(C)=O)[C@H]2C[C@@H](C)N[C@H]2COC2CCC(c3cccc(F)c3)CC2)cc1. The standard InChI is InChI=1S/C28H37FN2O3/c1-19-15-28(31(20(2)32)17-21-7-11-25(33-3)12-8-21)27(30-19)18-34-26-13-9-22(10-14-26)23-5-4-6-24(29)16-23/h4-8,11-12,16,19,22,26-28,30H,9-10,13-15,17-18H2,1-3H3/t19-,22?,26?,27+,28+/m1/s1. The molecule has 1 aliphatic heterocycles. The Balaban J connectivity index is 1.33. The monoisotopic (exact) mass is 468 g/mol. The maximum atomic E-state index is 13.6. The number of methoxy groups -OCH3 is 1. The Hall–Kier alpha value is -2.44. The fraction of sp³-hybridized carbons (Fsp3) is 0.536. The molecule has 2 aromatic rings. The number of halogens is 1. The second kappa shape index (κ2) is 11.3. The topological polar surface area (TPSA) is 50.8 Å². The highest BCUT2D eigenvalue weighted by molar-refractivity contribution is 5.73. The van der Waals surface area contributed by atoms with Gasteiger partial charge in [0.05, 0.1) is 31.9 Å². The molecule has 6 heteroatoms. The molecule has 2 aromatic carbocycles. The summed E-state index contributed by atoms with van der Waals surface area (Å²) in [6.07, 6.45) is 5.13. The van der Waals surface area contributed by atoms with E-state index in [-0.39, 0.29) is 29.9 Å². The molecule has 1 heterocycles. The summed E-state index contributed by atoms with van der Waals surface area (Å²) in [6, 6.07) is 15.4. The van der Waals surface area contributed by atoms with Gasteiger partial charge in [-0.2, -0.15) is 0 Å². The highest BCUT2D eigenvalue weighted by Crippen LogP contribution is 2.34. The Bertz CT molecular complexity index is 943. The van der Waals surface area contributed by atoms with Gasteiger partial charge in [-0.1, -0.05) is 24.3 Å². The second-order valence-electron chi connectivity index (χ2n) is 9.83. The van der Waals surface area contributed by atoms with E-state index in [1.54, 1.807) is 26.2 Å². The Labute approximate surface area is 202 Å². The minimum Gasteiger partial charge on any atom is -0.497 e. The Morgan fingerprint density at radius 3 is 2.50 bits per heavy atom. The predicted molar refractivity (Wildman–Crippen MR) is 131 cm³/mol. The fourth-order valence-corrected chi connectivity index (χ4v) is 5.53. The number of hydrogen-bond acceptors (Lipinski definition) is 4. The molecule has 5 nitrogen and oxygen atoms in total. The van der Waals surface area contributed by atoms with Gasteiger partial charge in [-0.05, 0) is 80.3 Å². The maximum Gasteiger partial charge on any atom is 0.220 e. The number of benzene rings is 2. The lowest BCUT2D eigenvalue weighted by Gasteiger charge is -2.34. The number of nitrogens with one attached hydrogen (secondary N) is 1. The lowest BCUT2D eigenvalue weighted by Crippen LogP contribution is -2.48. The molecule has 0 radical (unpaired) electrons. The van der Waals surface area contributed by atoms with Crippen LogP contribution in [0, 0.1) is 5.82 Å². The molecule has 1 N–H and O–H groups in total. The zero-order valence-corrected chi connectivity index (χ0v) is 20.5. The summed E-state index contributed by atoms with van der Waals surface area (Å²) in [5.74, 6) is 1.14. The van der Waals surface area contributed by atoms with Crippen molar-refractivity contribution in [1.29, 1.82) is 0 Å². The molecule has 1 aliphatic carbocycles. The number of carbonyl (C=O) groups is 1. The van der Waals surface area contributed by atoms with Crippen molar-refractivity contribution in [3.05, 3.63) is 65.5 Å². The Morgan fingerprint density at radius 1 is 1.12 bits per heavy atom. The molecular weight excluding hydrogens is 431 g/mol. The molecular formula is C28H37FN2O3. The summed E-state index contributed by atoms with van der Waals surface area (Å²) in [4.78, 5) is 14.6. The van der Waals surface area contributed by atoms with E-state index < -0.39 is 0 Å². The van der Waals surface area contributed by atoms with Crippen molar-refractivity contribution >= 4 is 5.91 Å². The third kappa shape index (κ3) is 6.16. The van der Waals surface area contributed by atoms with Crippen LogP contribution < -0.4 is 10.1 Å². The number of ether oxygens (including phenoxy) is 2. The summed E-state index contributed by atoms with van der Waals surface area (Å²) in [5.41, 5.74) is 2.19. The minimum atomic E-state index is -0.159. The predicted octanol–water partition coefficient (Wildman–Crippen LogP) is 5.04. The van der Waals surface area contributed by atoms with E-state index >= 15 is 0 Å². The van der Waals surface area contributed by atoms with Gasteiger partial charge in [0.2, 0.25) is 5.91 Å². The van der Waals surface area contributed by atoms with Gasteiger partial charge >= 0.3 is 0 Å². The smallest absolute Gasteiger partial charge is 0.220 e. The van der Waals surface area contributed by atoms with Gasteiger partial charge in [0, 0.05) is 19.5 Å². The van der Waals surface area contributed by atoms with Gasteiger partial charge in [0.1, 0.15) is 11.6 Å². The van der Waals surface area contributed by atoms with Crippen molar-refractivity contribution in [2.24, 2.45) is 0 Å². The van der Waals surface area contributed by atoms with E-state index in [1.165, 1.54) is 6.07 Å². The van der Waals surface area contributed by atoms with Crippen molar-refractivity contribution in [3.8, 4) is 5.75 Å². The van der Waals surface area contributed by atoms with Gasteiger partial charge < -0.3 is 19.7 Å². The number of amides is 1. The molecule has 34 heavy (non-hydrogen) atoms. The fourth-order valence-electron chi connectivity index (χ4n) is 5.53. The average Bonchev–Trinajstić information content (AvgIpc) is 3.21. The van der Waals surface area contributed by atoms with Crippen molar-refractivity contribution in [3.63, 3.8) is 0 Å². The van der Waals surface area contributed by atoms with Crippen LogP contribution in [0.25, 0.3) is 0 Å². The lowest BCUT2D eigenvalue weighted by molar-refractivity contribution is -0.132. The molecule has 0 aromatic heterocycles. The molecule has 0 unspecified atom stereocenters. The zero-order valence-electron chi connectivity index (χ0n) is 20.5. The molecule has 4 rings (SSSR count). The first-order chi connectivity index (χ1) is 16.4. The van der Waals surface area contributed by atoms with Crippen LogP contribution in [0.15, 0.2) is 48.5 Å². The average molecular weight is 469 g/mol. The molecule has 2 aliphatic rings. The summed E-state index contributed by atoms with van der Waals surface area (Å²) < 4.78 is 25.2. The van der Waals surface area contributed by atoms with E-state index in [2.05, 4.69) is 12.2 Å². The van der Waals surface area contributed by atoms with Crippen LogP contribution >= 0.6 is 0 Å². The van der Waals surface area contributed by atoms with Crippen LogP contribution in [0.4, 0.5) is 4.39 Å². The molecule has 0 bridgehead atoms. The highest BCUT2D eigenvalue weighted by atomic mass is 19.1. The van der Waals surface area contributed by atoms with Gasteiger partial charge in [-0.25, -0.2) is 4.39 Å². The number of hydrogen-bond donors (Lipinski definition) is 1. The van der Waals surface area contributed by atoms with Gasteiger partial charge in [-0.3, -0.25) is 4.79 Å². The Morgan fingerprint density at radius 2 is 1.85 bits per heavy atom. The molecule has 1 saturated carbocycles. The van der Waals surface area contributed by atoms with E-state index in [1.807, 2.05) is 35.2 Å². The van der Waals surface area contributed by atoms with Crippen LogP contribution in [0.5, 0.6) is 5.75 Å². The third-order valence-electron chi connectivity index (χ3n) is 7.38. The zero-order chi connectivity index (χ0) is 24.1. The number of nitrogens with zero attached hydrogens (tertiary/aromatic N) is 1. The van der Waals surface area contributed by atoms with Crippen molar-refractivity contribution in [2.75, 3.05) is 13.7 Å². The maximum absolute atomic E-state index is 13.6. The minimum absolute atomic E-state index is 0.0809. The summed E-state index contributed by atoms with van der Waals surface area (Å²) >= 11 is 0. The van der Waals surface area contributed by atoms with Gasteiger partial charge in [0.15, 0.2) is 0 Å². The van der Waals surface area contributed by atoms with Crippen molar-refractivity contribution in [1.82, 2.24) is 10.2 Å². The molecule has 3 atom stereocenters. The molecule has 2 fully saturated rings. The van der Waals surface area contributed by atoms with E-state index in [4.69, 9.17) is 9.47 Å². The second-order valence-corrected chi connectivity index (χ2v) is 9.83. The molecule has 1 saturated heterocycles. The van der Waals surface area contributed by atoms with Gasteiger partial charge in [0.25, 0.3) is 0 Å². The lowest BCUT2D eigenvalue weighted by atomic mass is 9.82. The first kappa shape index (κ1) is 24.7. The van der Waals surface area contributed by atoms with Crippen LogP contribution in [-0.4, -0.2) is 48.8 Å². The van der Waals surface area contributed by atoms with Crippen LogP contribution in [0.1, 0.15) is 63.0 Å². The summed E-state index contributed by atoms with van der Waals surface area (Å²) in [5, 5.41) is 3.64. The first-order valence-electron chi connectivity index (χ1n) is 12.5. The quantitative estimate of drug-likeness (QED) is 0.589. The Kier molecular flexibility index (Phi) is 8.22. The first-order valence-corrected chi connectivity index (χ1v) is 12.5. The number of carbonyl (C=O) groups excluding carboxylic acids is 1. The van der Waals surface area contributed by atoms with Crippen molar-refractivity contribution in [2.45, 2.75) is 82.6 Å². The molecule has 1 amide bonds. The third-order valence-corrected chi connectivity index (χ3v) is 7.38. The highest BCUT2D eigenvalue weighted by Gasteiger charge is 2.37. The summed E-state index contributed by atoms with van der Waals surface area (Å²) in [6.45, 7) is 4.99. The largest absolute Gasteiger partial charge is 0.497 e. The van der Waals surface area contributed by atoms with Crippen LogP contribution in [-0.2, 0) is 16.1 Å². The van der Waals surface area contributed by atoms with E-state index in [0.29, 0.717) is 25.1 Å². The van der Waals surface area contributed by atoms with Crippen LogP contribution in [0.3, 0.4) is 0 Å². The number of rotatable bonds is 8. The molecule has 0 spiro atoms. The van der Waals surface area contributed by atoms with E-state index in [9.17, 15) is 9.18 Å². The van der Waals surface area contributed by atoms with Gasteiger partial charge in [-0.15, -0.1) is 0 Å².